The minimum absolute atomic E-state index is 0.161. The first-order valence-electron chi connectivity index (χ1n) is 6.95. The Bertz CT molecular complexity index is 519. The van der Waals surface area contributed by atoms with Gasteiger partial charge in [0, 0.05) is 17.6 Å². The lowest BCUT2D eigenvalue weighted by atomic mass is 9.74. The zero-order chi connectivity index (χ0) is 16.3. The molecule has 0 saturated carbocycles. The van der Waals surface area contributed by atoms with E-state index in [1.54, 1.807) is 39.8 Å². The summed E-state index contributed by atoms with van der Waals surface area (Å²) in [6.07, 6.45) is 0.902. The van der Waals surface area contributed by atoms with Crippen LogP contribution < -0.4 is 11.1 Å². The van der Waals surface area contributed by atoms with Crippen LogP contribution in [0.25, 0.3) is 0 Å². The maximum absolute atomic E-state index is 12.0. The molecular formula is C16H24N2O3. The lowest BCUT2D eigenvalue weighted by Crippen LogP contribution is -2.57. The molecule has 0 aliphatic carbocycles. The van der Waals surface area contributed by atoms with E-state index in [0.717, 1.165) is 5.56 Å². The summed E-state index contributed by atoms with van der Waals surface area (Å²) in [7, 11) is 0. The summed E-state index contributed by atoms with van der Waals surface area (Å²) in [5, 5.41) is 12.1. The third-order valence-electron chi connectivity index (χ3n) is 4.17. The monoisotopic (exact) mass is 292 g/mol. The van der Waals surface area contributed by atoms with E-state index in [1.807, 2.05) is 12.1 Å². The van der Waals surface area contributed by atoms with Crippen molar-refractivity contribution in [2.24, 2.45) is 5.41 Å². The number of hydrogen-bond acceptors (Lipinski definition) is 3. The Labute approximate surface area is 125 Å². The molecule has 0 saturated heterocycles. The Morgan fingerprint density at radius 3 is 2.14 bits per heavy atom. The molecule has 0 heterocycles. The molecule has 0 bridgehead atoms. The highest BCUT2D eigenvalue weighted by Gasteiger charge is 2.44. The van der Waals surface area contributed by atoms with Gasteiger partial charge in [-0.15, -0.1) is 0 Å². The van der Waals surface area contributed by atoms with Crippen LogP contribution in [0.2, 0.25) is 0 Å². The molecule has 0 fully saturated rings. The van der Waals surface area contributed by atoms with Crippen LogP contribution in [0, 0.1) is 5.41 Å². The molecule has 116 valence electrons. The van der Waals surface area contributed by atoms with Gasteiger partial charge < -0.3 is 16.2 Å². The summed E-state index contributed by atoms with van der Waals surface area (Å²) in [6.45, 7) is 6.66. The van der Waals surface area contributed by atoms with Crippen LogP contribution in [-0.4, -0.2) is 22.5 Å². The summed E-state index contributed by atoms with van der Waals surface area (Å²) >= 11 is 0. The number of aryl methyl sites for hydroxylation is 1. The number of nitrogen functional groups attached to an aromatic ring is 1. The van der Waals surface area contributed by atoms with Gasteiger partial charge in [0.15, 0.2) is 0 Å². The minimum Gasteiger partial charge on any atom is -0.481 e. The number of rotatable bonds is 6. The molecule has 4 N–H and O–H groups in total. The van der Waals surface area contributed by atoms with E-state index in [9.17, 15) is 14.7 Å². The van der Waals surface area contributed by atoms with Crippen molar-refractivity contribution in [1.82, 2.24) is 5.32 Å². The number of aliphatic carboxylic acids is 1. The van der Waals surface area contributed by atoms with E-state index in [-0.39, 0.29) is 5.91 Å². The maximum atomic E-state index is 12.0. The van der Waals surface area contributed by atoms with Crippen molar-refractivity contribution >= 4 is 17.6 Å². The molecular weight excluding hydrogens is 268 g/mol. The molecule has 0 aliphatic heterocycles. The predicted octanol–water partition coefficient (Wildman–Crippen LogP) is 2.21. The number of benzene rings is 1. The second-order valence-corrected chi connectivity index (χ2v) is 6.34. The van der Waals surface area contributed by atoms with Gasteiger partial charge in [-0.2, -0.15) is 0 Å². The quantitative estimate of drug-likeness (QED) is 0.701. The number of carbonyl (C=O) groups is 2. The van der Waals surface area contributed by atoms with Crippen LogP contribution in [0.1, 0.15) is 39.7 Å². The molecule has 1 aromatic carbocycles. The summed E-state index contributed by atoms with van der Waals surface area (Å²) in [6, 6.07) is 7.36. The van der Waals surface area contributed by atoms with Crippen LogP contribution >= 0.6 is 0 Å². The van der Waals surface area contributed by atoms with Gasteiger partial charge in [0.1, 0.15) is 0 Å². The highest BCUT2D eigenvalue weighted by atomic mass is 16.4. The van der Waals surface area contributed by atoms with E-state index in [4.69, 9.17) is 5.73 Å². The standard InChI is InChI=1S/C16H24N2O3/c1-15(2,14(20)21)16(3,4)18-13(19)10-7-11-5-8-12(17)9-6-11/h5-6,8-9H,7,10,17H2,1-4H3,(H,18,19)(H,20,21). The lowest BCUT2D eigenvalue weighted by Gasteiger charge is -2.38. The van der Waals surface area contributed by atoms with Crippen molar-refractivity contribution in [3.8, 4) is 0 Å². The number of nitrogens with two attached hydrogens (primary N) is 1. The molecule has 1 rings (SSSR count). The van der Waals surface area contributed by atoms with Crippen molar-refractivity contribution in [1.29, 1.82) is 0 Å². The molecule has 1 amide bonds. The molecule has 0 spiro atoms. The highest BCUT2D eigenvalue weighted by molar-refractivity contribution is 5.80. The first kappa shape index (κ1) is 17.0. The third kappa shape index (κ3) is 4.21. The number of anilines is 1. The molecule has 5 heteroatoms. The zero-order valence-corrected chi connectivity index (χ0v) is 13.1. The fourth-order valence-corrected chi connectivity index (χ4v) is 1.78. The molecule has 21 heavy (non-hydrogen) atoms. The molecule has 0 aliphatic rings. The smallest absolute Gasteiger partial charge is 0.311 e. The molecule has 0 unspecified atom stereocenters. The van der Waals surface area contributed by atoms with Crippen molar-refractivity contribution < 1.29 is 14.7 Å². The molecule has 1 aromatic rings. The van der Waals surface area contributed by atoms with E-state index >= 15 is 0 Å². The van der Waals surface area contributed by atoms with Crippen molar-refractivity contribution in [2.45, 2.75) is 46.1 Å². The number of hydrogen-bond donors (Lipinski definition) is 3. The van der Waals surface area contributed by atoms with Crippen molar-refractivity contribution in [3.05, 3.63) is 29.8 Å². The highest BCUT2D eigenvalue weighted by Crippen LogP contribution is 2.30. The van der Waals surface area contributed by atoms with Gasteiger partial charge in [0.2, 0.25) is 5.91 Å². The topological polar surface area (TPSA) is 92.4 Å². The summed E-state index contributed by atoms with van der Waals surface area (Å²) in [5.74, 6) is -1.10. The van der Waals surface area contributed by atoms with Gasteiger partial charge in [0.25, 0.3) is 0 Å². The van der Waals surface area contributed by atoms with Crippen LogP contribution in [0.3, 0.4) is 0 Å². The Balaban J connectivity index is 2.61. The van der Waals surface area contributed by atoms with Gasteiger partial charge in [-0.25, -0.2) is 0 Å². The molecule has 0 atom stereocenters. The Hall–Kier alpha value is -2.04. The lowest BCUT2D eigenvalue weighted by molar-refractivity contribution is -0.151. The number of carbonyl (C=O) groups excluding carboxylic acids is 1. The number of carboxylic acid groups (broad SMARTS) is 1. The average molecular weight is 292 g/mol. The normalized spacial score (nSPS) is 12.0. The second kappa shape index (κ2) is 6.16. The first-order valence-corrected chi connectivity index (χ1v) is 6.95. The second-order valence-electron chi connectivity index (χ2n) is 6.34. The van der Waals surface area contributed by atoms with Crippen molar-refractivity contribution in [2.75, 3.05) is 5.73 Å². The molecule has 5 nitrogen and oxygen atoms in total. The van der Waals surface area contributed by atoms with Gasteiger partial charge in [-0.3, -0.25) is 9.59 Å². The van der Waals surface area contributed by atoms with Gasteiger partial charge >= 0.3 is 5.97 Å². The van der Waals surface area contributed by atoms with E-state index in [1.165, 1.54) is 0 Å². The van der Waals surface area contributed by atoms with Crippen molar-refractivity contribution in [3.63, 3.8) is 0 Å². The first-order chi connectivity index (χ1) is 9.56. The SMILES string of the molecule is CC(C)(NC(=O)CCc1ccc(N)cc1)C(C)(C)C(=O)O. The van der Waals surface area contributed by atoms with Gasteiger partial charge in [0.05, 0.1) is 5.41 Å². The number of nitrogens with one attached hydrogen (secondary N) is 1. The van der Waals surface area contributed by atoms with Gasteiger partial charge in [-0.05, 0) is 51.8 Å². The summed E-state index contributed by atoms with van der Waals surface area (Å²) in [5.41, 5.74) is 5.43. The Morgan fingerprint density at radius 1 is 1.14 bits per heavy atom. The fourth-order valence-electron chi connectivity index (χ4n) is 1.78. The Morgan fingerprint density at radius 2 is 1.67 bits per heavy atom. The van der Waals surface area contributed by atoms with Crippen LogP contribution in [-0.2, 0) is 16.0 Å². The average Bonchev–Trinajstić information content (AvgIpc) is 2.37. The van der Waals surface area contributed by atoms with E-state index < -0.39 is 16.9 Å². The molecule has 0 aromatic heterocycles. The third-order valence-corrected chi connectivity index (χ3v) is 4.17. The van der Waals surface area contributed by atoms with E-state index in [0.29, 0.717) is 18.5 Å². The number of carboxylic acids is 1. The van der Waals surface area contributed by atoms with Gasteiger partial charge in [-0.1, -0.05) is 12.1 Å². The summed E-state index contributed by atoms with van der Waals surface area (Å²) < 4.78 is 0. The zero-order valence-electron chi connectivity index (χ0n) is 13.1. The minimum atomic E-state index is -1.05. The summed E-state index contributed by atoms with van der Waals surface area (Å²) in [4.78, 5) is 23.3. The van der Waals surface area contributed by atoms with E-state index in [2.05, 4.69) is 5.32 Å². The fraction of sp³-hybridized carbons (Fsp3) is 0.500. The number of amides is 1. The van der Waals surface area contributed by atoms with Crippen LogP contribution in [0.5, 0.6) is 0 Å². The Kier molecular flexibility index (Phi) is 4.99. The van der Waals surface area contributed by atoms with Crippen LogP contribution in [0.4, 0.5) is 5.69 Å². The maximum Gasteiger partial charge on any atom is 0.311 e. The molecule has 0 radical (unpaired) electrons. The van der Waals surface area contributed by atoms with Crippen LogP contribution in [0.15, 0.2) is 24.3 Å². The largest absolute Gasteiger partial charge is 0.481 e. The predicted molar refractivity (Wildman–Crippen MR) is 82.8 cm³/mol.